The molecule has 0 aromatic carbocycles. The third-order valence-corrected chi connectivity index (χ3v) is 4.17. The van der Waals surface area contributed by atoms with Gasteiger partial charge in [-0.05, 0) is 57.9 Å². The van der Waals surface area contributed by atoms with Gasteiger partial charge in [0.05, 0.1) is 5.41 Å². The number of nitrogens with one attached hydrogen (secondary N) is 1. The number of hydrogen-bond acceptors (Lipinski definition) is 3. The van der Waals surface area contributed by atoms with E-state index < -0.39 is 11.3 Å². The number of nitrogens with two attached hydrogens (primary N) is 2. The van der Waals surface area contributed by atoms with E-state index in [1.807, 2.05) is 0 Å². The first-order chi connectivity index (χ1) is 8.85. The van der Waals surface area contributed by atoms with Crippen LogP contribution in [0, 0.1) is 17.3 Å². The second-order valence-electron chi connectivity index (χ2n) is 6.35. The summed E-state index contributed by atoms with van der Waals surface area (Å²) in [5.74, 6) is 0.717. The second-order valence-corrected chi connectivity index (χ2v) is 6.35. The van der Waals surface area contributed by atoms with Gasteiger partial charge in [0, 0.05) is 13.0 Å². The van der Waals surface area contributed by atoms with Crippen molar-refractivity contribution in [1.82, 2.24) is 5.32 Å². The molecule has 5 N–H and O–H groups in total. The Hall–Kier alpha value is -1.10. The first-order valence-electron chi connectivity index (χ1n) is 7.12. The van der Waals surface area contributed by atoms with Gasteiger partial charge in [0.2, 0.25) is 11.8 Å². The lowest BCUT2D eigenvalue weighted by molar-refractivity contribution is -0.127. The zero-order valence-corrected chi connectivity index (χ0v) is 12.1. The van der Waals surface area contributed by atoms with Gasteiger partial charge >= 0.3 is 0 Å². The Morgan fingerprint density at radius 2 is 1.68 bits per heavy atom. The molecule has 1 aliphatic rings. The minimum Gasteiger partial charge on any atom is -0.369 e. The lowest BCUT2D eigenvalue weighted by Gasteiger charge is -2.27. The molecule has 19 heavy (non-hydrogen) atoms. The topological polar surface area (TPSA) is 98.2 Å². The first-order valence-corrected chi connectivity index (χ1v) is 7.12. The molecule has 0 atom stereocenters. The number of amides is 2. The van der Waals surface area contributed by atoms with Crippen LogP contribution in [0.3, 0.4) is 0 Å². The highest BCUT2D eigenvalue weighted by Crippen LogP contribution is 2.30. The SMILES string of the molecule is CC(C)(CNC(=O)CC1CCC(CN)CC1)C(N)=O. The van der Waals surface area contributed by atoms with Crippen LogP contribution in [0.1, 0.15) is 46.0 Å². The van der Waals surface area contributed by atoms with E-state index >= 15 is 0 Å². The fourth-order valence-electron chi connectivity index (χ4n) is 2.41. The van der Waals surface area contributed by atoms with Crippen LogP contribution in [0.25, 0.3) is 0 Å². The Morgan fingerprint density at radius 3 is 2.16 bits per heavy atom. The fourth-order valence-corrected chi connectivity index (χ4v) is 2.41. The summed E-state index contributed by atoms with van der Waals surface area (Å²) in [5.41, 5.74) is 10.2. The van der Waals surface area contributed by atoms with Crippen molar-refractivity contribution in [3.63, 3.8) is 0 Å². The van der Waals surface area contributed by atoms with Crippen molar-refractivity contribution in [3.05, 3.63) is 0 Å². The van der Waals surface area contributed by atoms with Crippen molar-refractivity contribution in [2.24, 2.45) is 28.7 Å². The van der Waals surface area contributed by atoms with E-state index in [1.54, 1.807) is 13.8 Å². The molecule has 1 fully saturated rings. The van der Waals surface area contributed by atoms with Gasteiger partial charge in [-0.15, -0.1) is 0 Å². The number of hydrogen-bond donors (Lipinski definition) is 3. The van der Waals surface area contributed by atoms with Gasteiger partial charge in [-0.3, -0.25) is 9.59 Å². The summed E-state index contributed by atoms with van der Waals surface area (Å²) < 4.78 is 0. The Kier molecular flexibility index (Phi) is 5.79. The molecule has 0 heterocycles. The van der Waals surface area contributed by atoms with Crippen molar-refractivity contribution in [2.75, 3.05) is 13.1 Å². The molecule has 0 aromatic rings. The molecule has 110 valence electrons. The zero-order chi connectivity index (χ0) is 14.5. The lowest BCUT2D eigenvalue weighted by Crippen LogP contribution is -2.42. The quantitative estimate of drug-likeness (QED) is 0.664. The van der Waals surface area contributed by atoms with E-state index in [2.05, 4.69) is 5.32 Å². The third kappa shape index (κ3) is 5.19. The minimum absolute atomic E-state index is 0.0190. The molecule has 0 bridgehead atoms. The number of carbonyl (C=O) groups is 2. The van der Waals surface area contributed by atoms with E-state index in [1.165, 1.54) is 0 Å². The maximum atomic E-state index is 11.8. The van der Waals surface area contributed by atoms with Gasteiger partial charge in [-0.2, -0.15) is 0 Å². The van der Waals surface area contributed by atoms with Crippen LogP contribution in [0.15, 0.2) is 0 Å². The molecule has 1 aliphatic carbocycles. The summed E-state index contributed by atoms with van der Waals surface area (Å²) in [4.78, 5) is 23.0. The van der Waals surface area contributed by atoms with E-state index in [4.69, 9.17) is 11.5 Å². The Balaban J connectivity index is 2.27. The van der Waals surface area contributed by atoms with Crippen molar-refractivity contribution in [1.29, 1.82) is 0 Å². The molecule has 0 aliphatic heterocycles. The predicted octanol–water partition coefficient (Wildman–Crippen LogP) is 0.769. The number of rotatable bonds is 6. The van der Waals surface area contributed by atoms with E-state index in [-0.39, 0.29) is 5.91 Å². The smallest absolute Gasteiger partial charge is 0.224 e. The normalized spacial score (nSPS) is 23.9. The summed E-state index contributed by atoms with van der Waals surface area (Å²) in [6.07, 6.45) is 4.96. The van der Waals surface area contributed by atoms with Crippen molar-refractivity contribution in [2.45, 2.75) is 46.0 Å². The van der Waals surface area contributed by atoms with Crippen LogP contribution < -0.4 is 16.8 Å². The molecule has 1 saturated carbocycles. The van der Waals surface area contributed by atoms with Crippen LogP contribution in [0.2, 0.25) is 0 Å². The molecule has 0 saturated heterocycles. The number of primary amides is 1. The Labute approximate surface area is 115 Å². The van der Waals surface area contributed by atoms with Gasteiger partial charge < -0.3 is 16.8 Å². The predicted molar refractivity (Wildman–Crippen MR) is 75.1 cm³/mol. The Bertz CT molecular complexity index is 321. The fraction of sp³-hybridized carbons (Fsp3) is 0.857. The van der Waals surface area contributed by atoms with Crippen molar-refractivity contribution in [3.8, 4) is 0 Å². The summed E-state index contributed by atoms with van der Waals surface area (Å²) >= 11 is 0. The molecule has 0 spiro atoms. The average Bonchev–Trinajstić information content (AvgIpc) is 2.37. The second kappa shape index (κ2) is 6.89. The standard InChI is InChI=1S/C14H27N3O2/c1-14(2,13(16)19)9-17-12(18)7-10-3-5-11(8-15)6-4-10/h10-11H,3-9,15H2,1-2H3,(H2,16,19)(H,17,18). The van der Waals surface area contributed by atoms with Crippen molar-refractivity contribution < 1.29 is 9.59 Å². The van der Waals surface area contributed by atoms with Gasteiger partial charge in [-0.25, -0.2) is 0 Å². The molecule has 0 unspecified atom stereocenters. The molecular weight excluding hydrogens is 242 g/mol. The lowest BCUT2D eigenvalue weighted by atomic mass is 9.80. The summed E-state index contributed by atoms with van der Waals surface area (Å²) in [6, 6.07) is 0. The largest absolute Gasteiger partial charge is 0.369 e. The van der Waals surface area contributed by atoms with E-state index in [9.17, 15) is 9.59 Å². The van der Waals surface area contributed by atoms with Gasteiger partial charge in [0.15, 0.2) is 0 Å². The molecule has 0 radical (unpaired) electrons. The van der Waals surface area contributed by atoms with Crippen molar-refractivity contribution >= 4 is 11.8 Å². The summed E-state index contributed by atoms with van der Waals surface area (Å²) in [6.45, 7) is 4.54. The average molecular weight is 269 g/mol. The van der Waals surface area contributed by atoms with E-state index in [0.29, 0.717) is 24.8 Å². The van der Waals surface area contributed by atoms with Crippen LogP contribution in [-0.4, -0.2) is 24.9 Å². The molecule has 5 heteroatoms. The molecule has 0 aromatic heterocycles. The highest BCUT2D eigenvalue weighted by molar-refractivity contribution is 5.82. The minimum atomic E-state index is -0.688. The highest BCUT2D eigenvalue weighted by atomic mass is 16.2. The first kappa shape index (κ1) is 16.0. The van der Waals surface area contributed by atoms with Crippen LogP contribution in [0.5, 0.6) is 0 Å². The monoisotopic (exact) mass is 269 g/mol. The summed E-state index contributed by atoms with van der Waals surface area (Å²) in [7, 11) is 0. The molecule has 5 nitrogen and oxygen atoms in total. The summed E-state index contributed by atoms with van der Waals surface area (Å²) in [5, 5.41) is 2.81. The van der Waals surface area contributed by atoms with Crippen LogP contribution in [-0.2, 0) is 9.59 Å². The van der Waals surface area contributed by atoms with Crippen LogP contribution >= 0.6 is 0 Å². The zero-order valence-electron chi connectivity index (χ0n) is 12.1. The Morgan fingerprint density at radius 1 is 1.16 bits per heavy atom. The molecule has 2 amide bonds. The van der Waals surface area contributed by atoms with Crippen LogP contribution in [0.4, 0.5) is 0 Å². The molecular formula is C14H27N3O2. The van der Waals surface area contributed by atoms with Gasteiger partial charge in [-0.1, -0.05) is 0 Å². The van der Waals surface area contributed by atoms with Gasteiger partial charge in [0.1, 0.15) is 0 Å². The third-order valence-electron chi connectivity index (χ3n) is 4.17. The maximum Gasteiger partial charge on any atom is 0.224 e. The van der Waals surface area contributed by atoms with E-state index in [0.717, 1.165) is 32.2 Å². The maximum absolute atomic E-state index is 11.8. The number of carbonyl (C=O) groups excluding carboxylic acids is 2. The molecule has 1 rings (SSSR count). The highest BCUT2D eigenvalue weighted by Gasteiger charge is 2.27. The van der Waals surface area contributed by atoms with Gasteiger partial charge in [0.25, 0.3) is 0 Å².